The molecule has 6 nitrogen and oxygen atoms in total. The Labute approximate surface area is 147 Å². The molecule has 0 radical (unpaired) electrons. The van der Waals surface area contributed by atoms with Gasteiger partial charge in [-0.25, -0.2) is 4.98 Å². The predicted molar refractivity (Wildman–Crippen MR) is 94.9 cm³/mol. The molecule has 132 valence electrons. The highest BCUT2D eigenvalue weighted by atomic mass is 32.2. The lowest BCUT2D eigenvalue weighted by atomic mass is 10.2. The molecule has 1 saturated heterocycles. The van der Waals surface area contributed by atoms with Crippen molar-refractivity contribution in [2.75, 3.05) is 46.9 Å². The van der Waals surface area contributed by atoms with Crippen LogP contribution in [0.4, 0.5) is 0 Å². The number of morpholine rings is 1. The molecule has 2 fully saturated rings. The summed E-state index contributed by atoms with van der Waals surface area (Å²) in [6.45, 7) is 3.82. The summed E-state index contributed by atoms with van der Waals surface area (Å²) in [5.74, 6) is 0.0807. The smallest absolute Gasteiger partial charge is 0.252 e. The fourth-order valence-corrected chi connectivity index (χ4v) is 3.94. The van der Waals surface area contributed by atoms with Gasteiger partial charge in [-0.3, -0.25) is 14.6 Å². The van der Waals surface area contributed by atoms with Crippen molar-refractivity contribution >= 4 is 17.7 Å². The van der Waals surface area contributed by atoms with Gasteiger partial charge in [-0.05, 0) is 39.1 Å². The van der Waals surface area contributed by atoms with Crippen molar-refractivity contribution in [1.29, 1.82) is 0 Å². The van der Waals surface area contributed by atoms with Crippen LogP contribution in [0.5, 0.6) is 0 Å². The second-order valence-electron chi connectivity index (χ2n) is 6.59. The van der Waals surface area contributed by atoms with Gasteiger partial charge in [0.2, 0.25) is 0 Å². The van der Waals surface area contributed by atoms with Crippen molar-refractivity contribution in [2.24, 2.45) is 0 Å². The molecule has 0 spiro atoms. The Bertz CT molecular complexity index is 547. The number of carbonyl (C=O) groups excluding carboxylic acids is 1. The van der Waals surface area contributed by atoms with Gasteiger partial charge in [-0.1, -0.05) is 17.8 Å². The van der Waals surface area contributed by atoms with E-state index in [9.17, 15) is 4.79 Å². The molecule has 1 saturated carbocycles. The third-order valence-corrected chi connectivity index (χ3v) is 5.91. The Morgan fingerprint density at radius 1 is 1.42 bits per heavy atom. The van der Waals surface area contributed by atoms with Crippen molar-refractivity contribution in [3.05, 3.63) is 24.4 Å². The van der Waals surface area contributed by atoms with Crippen molar-refractivity contribution in [2.45, 2.75) is 28.8 Å². The van der Waals surface area contributed by atoms with E-state index in [1.54, 1.807) is 6.20 Å². The topological polar surface area (TPSA) is 57.7 Å². The zero-order chi connectivity index (χ0) is 17.0. The average molecular weight is 350 g/mol. The molecule has 2 heterocycles. The molecule has 1 aliphatic heterocycles. The van der Waals surface area contributed by atoms with Crippen LogP contribution < -0.4 is 5.32 Å². The zero-order valence-electron chi connectivity index (χ0n) is 14.4. The highest BCUT2D eigenvalue weighted by molar-refractivity contribution is 8.01. The van der Waals surface area contributed by atoms with E-state index in [-0.39, 0.29) is 5.91 Å². The first-order valence-electron chi connectivity index (χ1n) is 8.49. The molecule has 1 atom stereocenters. The van der Waals surface area contributed by atoms with Crippen LogP contribution in [-0.2, 0) is 9.53 Å². The molecule has 1 aliphatic carbocycles. The van der Waals surface area contributed by atoms with Gasteiger partial charge in [0.15, 0.2) is 4.87 Å². The molecule has 0 aromatic carbocycles. The molecule has 3 rings (SSSR count). The first-order valence-corrected chi connectivity index (χ1v) is 9.30. The molecule has 1 unspecified atom stereocenters. The number of hydrogen-bond acceptors (Lipinski definition) is 6. The monoisotopic (exact) mass is 350 g/mol. The summed E-state index contributed by atoms with van der Waals surface area (Å²) in [6.07, 6.45) is 3.94. The minimum atomic E-state index is -0.700. The lowest BCUT2D eigenvalue weighted by molar-refractivity contribution is -0.128. The van der Waals surface area contributed by atoms with Crippen LogP contribution in [0.25, 0.3) is 0 Å². The summed E-state index contributed by atoms with van der Waals surface area (Å²) in [5.41, 5.74) is 0. The van der Waals surface area contributed by atoms with Crippen molar-refractivity contribution in [3.8, 4) is 0 Å². The second kappa shape index (κ2) is 7.82. The molecule has 24 heavy (non-hydrogen) atoms. The van der Waals surface area contributed by atoms with E-state index in [0.29, 0.717) is 12.6 Å². The third kappa shape index (κ3) is 4.27. The van der Waals surface area contributed by atoms with E-state index in [4.69, 9.17) is 4.74 Å². The fraction of sp³-hybridized carbons (Fsp3) is 0.647. The van der Waals surface area contributed by atoms with Crippen LogP contribution in [-0.4, -0.2) is 78.5 Å². The average Bonchev–Trinajstić information content (AvgIpc) is 3.40. The number of carbonyl (C=O) groups is 1. The largest absolute Gasteiger partial charge is 0.379 e. The van der Waals surface area contributed by atoms with E-state index in [1.807, 2.05) is 37.2 Å². The third-order valence-electron chi connectivity index (χ3n) is 4.44. The molecule has 0 bridgehead atoms. The standard InChI is InChI=1S/C17H26N4O2S/c1-20(2)17(16(22)19-14-6-7-14,13-21-9-11-23-12-10-21)24-15-5-3-4-8-18-15/h3-5,8,14H,6-7,9-13H2,1-2H3,(H,19,22). The van der Waals surface area contributed by atoms with Crippen molar-refractivity contribution in [1.82, 2.24) is 20.1 Å². The number of hydrogen-bond donors (Lipinski definition) is 1. The molecular formula is C17H26N4O2S. The fourth-order valence-electron chi connectivity index (χ4n) is 2.75. The number of rotatable bonds is 7. The summed E-state index contributed by atoms with van der Waals surface area (Å²) >= 11 is 1.54. The van der Waals surface area contributed by atoms with Crippen LogP contribution in [0.1, 0.15) is 12.8 Å². The number of aromatic nitrogens is 1. The van der Waals surface area contributed by atoms with E-state index in [2.05, 4.69) is 15.2 Å². The Balaban J connectivity index is 1.84. The molecule has 1 aromatic heterocycles. The molecular weight excluding hydrogens is 324 g/mol. The lowest BCUT2D eigenvalue weighted by Gasteiger charge is -2.42. The van der Waals surface area contributed by atoms with Crippen LogP contribution in [0, 0.1) is 0 Å². The van der Waals surface area contributed by atoms with Crippen molar-refractivity contribution in [3.63, 3.8) is 0 Å². The van der Waals surface area contributed by atoms with Crippen molar-refractivity contribution < 1.29 is 9.53 Å². The Morgan fingerprint density at radius 3 is 2.75 bits per heavy atom. The number of nitrogens with one attached hydrogen (secondary N) is 1. The van der Waals surface area contributed by atoms with E-state index < -0.39 is 4.87 Å². The highest BCUT2D eigenvalue weighted by Crippen LogP contribution is 2.36. The lowest BCUT2D eigenvalue weighted by Crippen LogP contribution is -2.61. The highest BCUT2D eigenvalue weighted by Gasteiger charge is 2.45. The van der Waals surface area contributed by atoms with Crippen LogP contribution in [0.3, 0.4) is 0 Å². The van der Waals surface area contributed by atoms with Gasteiger partial charge < -0.3 is 10.1 Å². The van der Waals surface area contributed by atoms with Gasteiger partial charge in [0.25, 0.3) is 5.91 Å². The number of thioether (sulfide) groups is 1. The minimum Gasteiger partial charge on any atom is -0.379 e. The van der Waals surface area contributed by atoms with Gasteiger partial charge >= 0.3 is 0 Å². The molecule has 1 amide bonds. The maximum Gasteiger partial charge on any atom is 0.252 e. The summed E-state index contributed by atoms with van der Waals surface area (Å²) in [6, 6.07) is 6.16. The van der Waals surface area contributed by atoms with E-state index in [0.717, 1.165) is 44.2 Å². The second-order valence-corrected chi connectivity index (χ2v) is 7.88. The van der Waals surface area contributed by atoms with Crippen LogP contribution >= 0.6 is 11.8 Å². The summed E-state index contributed by atoms with van der Waals surface area (Å²) in [7, 11) is 3.95. The quantitative estimate of drug-likeness (QED) is 0.586. The van der Waals surface area contributed by atoms with Gasteiger partial charge in [0, 0.05) is 31.9 Å². The molecule has 1 aromatic rings. The van der Waals surface area contributed by atoms with E-state index >= 15 is 0 Å². The molecule has 2 aliphatic rings. The summed E-state index contributed by atoms with van der Waals surface area (Å²) < 4.78 is 5.45. The zero-order valence-corrected chi connectivity index (χ0v) is 15.2. The first kappa shape index (κ1) is 17.7. The molecule has 7 heteroatoms. The predicted octanol–water partition coefficient (Wildman–Crippen LogP) is 1.04. The number of amides is 1. The van der Waals surface area contributed by atoms with E-state index in [1.165, 1.54) is 11.8 Å². The number of ether oxygens (including phenoxy) is 1. The van der Waals surface area contributed by atoms with Gasteiger partial charge in [-0.15, -0.1) is 0 Å². The number of nitrogens with zero attached hydrogens (tertiary/aromatic N) is 3. The maximum absolute atomic E-state index is 13.2. The Hall–Kier alpha value is -1.15. The SMILES string of the molecule is CN(C)C(CN1CCOCC1)(Sc1ccccn1)C(=O)NC1CC1. The summed E-state index contributed by atoms with van der Waals surface area (Å²) in [5, 5.41) is 4.06. The minimum absolute atomic E-state index is 0.0807. The molecule has 1 N–H and O–H groups in total. The number of pyridine rings is 1. The first-order chi connectivity index (χ1) is 11.6. The van der Waals surface area contributed by atoms with Crippen LogP contribution in [0.15, 0.2) is 29.4 Å². The summed E-state index contributed by atoms with van der Waals surface area (Å²) in [4.78, 5) is 21.2. The Kier molecular flexibility index (Phi) is 5.76. The Morgan fingerprint density at radius 2 is 2.17 bits per heavy atom. The van der Waals surface area contributed by atoms with Gasteiger partial charge in [0.05, 0.1) is 18.2 Å². The normalized spacial score (nSPS) is 21.5. The van der Waals surface area contributed by atoms with Gasteiger partial charge in [-0.2, -0.15) is 0 Å². The maximum atomic E-state index is 13.2. The number of likely N-dealkylation sites (N-methyl/N-ethyl adjacent to an activating group) is 1. The van der Waals surface area contributed by atoms with Gasteiger partial charge in [0.1, 0.15) is 0 Å². The van der Waals surface area contributed by atoms with Crippen LogP contribution in [0.2, 0.25) is 0 Å².